The molecule has 4 aromatic heterocycles. The number of likely N-dealkylation sites (N-methyl/N-ethyl adjacent to an activating group) is 1. The molecule has 0 unspecified atom stereocenters. The van der Waals surface area contributed by atoms with Gasteiger partial charge in [0.15, 0.2) is 17.5 Å². The van der Waals surface area contributed by atoms with Crippen molar-refractivity contribution in [2.75, 3.05) is 50.7 Å². The van der Waals surface area contributed by atoms with Crippen molar-refractivity contribution in [1.29, 1.82) is 0 Å². The number of phenols is 2. The highest BCUT2D eigenvalue weighted by atomic mass is 19.1. The molecule has 0 radical (unpaired) electrons. The number of ketones is 1. The molecular formula is C61H75F2N13O5. The highest BCUT2D eigenvalue weighted by Crippen LogP contribution is 2.39. The summed E-state index contributed by atoms with van der Waals surface area (Å²) in [5, 5.41) is 33.4. The van der Waals surface area contributed by atoms with Crippen LogP contribution in [0.2, 0.25) is 0 Å². The number of fused-ring (bicyclic) bond motifs is 1. The van der Waals surface area contributed by atoms with Gasteiger partial charge in [-0.2, -0.15) is 0 Å². The van der Waals surface area contributed by atoms with Gasteiger partial charge in [0, 0.05) is 81.2 Å². The molecule has 2 saturated heterocycles. The van der Waals surface area contributed by atoms with Gasteiger partial charge in [-0.3, -0.25) is 28.8 Å². The number of nitrogens with one attached hydrogen (secondary N) is 1. The third-order valence-corrected chi connectivity index (χ3v) is 15.5. The number of hydrogen-bond acceptors (Lipinski definition) is 14. The van der Waals surface area contributed by atoms with Crippen LogP contribution in [-0.2, 0) is 22.7 Å². The van der Waals surface area contributed by atoms with E-state index in [1.807, 2.05) is 83.4 Å². The van der Waals surface area contributed by atoms with Crippen LogP contribution in [0.1, 0.15) is 133 Å². The number of halogens is 2. The van der Waals surface area contributed by atoms with Crippen molar-refractivity contribution in [3.63, 3.8) is 0 Å². The fourth-order valence-corrected chi connectivity index (χ4v) is 11.2. The van der Waals surface area contributed by atoms with Crippen molar-refractivity contribution >= 4 is 40.4 Å². The number of aryl methyl sites for hydroxylation is 1. The van der Waals surface area contributed by atoms with Crippen LogP contribution in [0.5, 0.6) is 11.5 Å². The summed E-state index contributed by atoms with van der Waals surface area (Å²) in [6.45, 7) is 24.8. The Morgan fingerprint density at radius 1 is 0.765 bits per heavy atom. The quantitative estimate of drug-likeness (QED) is 0.0608. The number of rotatable bonds is 20. The minimum atomic E-state index is -1.04. The molecule has 428 valence electrons. The summed E-state index contributed by atoms with van der Waals surface area (Å²) < 4.78 is 35.4. The number of benzene rings is 3. The molecule has 7 aromatic rings. The molecule has 18 nitrogen and oxygen atoms in total. The normalized spacial score (nSPS) is 15.3. The van der Waals surface area contributed by atoms with Gasteiger partial charge in [0.2, 0.25) is 23.5 Å². The standard InChI is InChI=1S/C61H75F2N13O5/c1-10-12-51(77)58-70-69-57(46-30-45(37(5)6)52(78)31-53(46)79)75(58)44-16-13-40(14-17-44)34-72-21-19-42(20-22-72)59(80)67-49(27-36(3)4)60(81)76(54-18-15-41(32-64-54)35-73-25-23-71(11-2)24-26-73)61-65-33-48(63)55(68-61)43-28-47(62)56-50(29-43)74(38(7)8)39(9)66-56/h13-18,28-33,36-38,42,49,78-79H,10-12,19-27,34-35H2,1-9H3,(H,67,80)/t49-/m1/s1. The van der Waals surface area contributed by atoms with Crippen molar-refractivity contribution in [2.45, 2.75) is 126 Å². The maximum atomic E-state index is 16.1. The molecule has 3 aromatic carbocycles. The molecule has 0 aliphatic carbocycles. The predicted molar refractivity (Wildman–Crippen MR) is 307 cm³/mol. The van der Waals surface area contributed by atoms with Crippen LogP contribution in [0.15, 0.2) is 73.1 Å². The molecule has 2 fully saturated rings. The maximum absolute atomic E-state index is 16.1. The fraction of sp³-hybridized carbons (Fsp3) is 0.459. The van der Waals surface area contributed by atoms with Crippen LogP contribution >= 0.6 is 0 Å². The third kappa shape index (κ3) is 12.8. The Kier molecular flexibility index (Phi) is 18.0. The molecule has 20 heteroatoms. The third-order valence-electron chi connectivity index (χ3n) is 15.5. The van der Waals surface area contributed by atoms with E-state index < -0.39 is 29.5 Å². The number of pyridine rings is 1. The molecule has 2 aliphatic heterocycles. The Morgan fingerprint density at radius 2 is 1.44 bits per heavy atom. The lowest BCUT2D eigenvalue weighted by Crippen LogP contribution is -2.51. The number of amides is 2. The number of piperazine rings is 1. The van der Waals surface area contributed by atoms with E-state index >= 15 is 13.6 Å². The van der Waals surface area contributed by atoms with Crippen molar-refractivity contribution in [1.82, 2.24) is 59.3 Å². The summed E-state index contributed by atoms with van der Waals surface area (Å²) in [6, 6.07) is 16.1. The number of Topliss-reactive ketones (excluding diaryl/α,β-unsaturated/α-hetero) is 1. The second-order valence-corrected chi connectivity index (χ2v) is 22.6. The number of hydrogen-bond donors (Lipinski definition) is 3. The van der Waals surface area contributed by atoms with Gasteiger partial charge in [0.25, 0.3) is 5.91 Å². The van der Waals surface area contributed by atoms with Crippen LogP contribution in [-0.4, -0.2) is 134 Å². The number of piperidine rings is 1. The van der Waals surface area contributed by atoms with E-state index in [-0.39, 0.29) is 94.1 Å². The summed E-state index contributed by atoms with van der Waals surface area (Å²) in [7, 11) is 0. The van der Waals surface area contributed by atoms with E-state index in [1.54, 1.807) is 35.9 Å². The first-order chi connectivity index (χ1) is 38.8. The molecular weight excluding hydrogens is 1030 g/mol. The molecule has 6 heterocycles. The summed E-state index contributed by atoms with van der Waals surface area (Å²) in [5.74, 6) is -2.14. The van der Waals surface area contributed by atoms with Gasteiger partial charge in [-0.15, -0.1) is 10.2 Å². The second kappa shape index (κ2) is 25.1. The van der Waals surface area contributed by atoms with Crippen LogP contribution in [0, 0.1) is 30.4 Å². The SMILES string of the molecule is CCCC(=O)c1nnc(-c2cc(C(C)C)c(O)cc2O)n1-c1ccc(CN2CCC(C(=O)N[C@H](CC(C)C)C(=O)N(c3ccc(CN4CCN(CC)CC4)cn3)c3ncc(F)c(-c4cc(F)c5nc(C)n(C(C)C)c5c4)n3)CC2)cc1. The van der Waals surface area contributed by atoms with Gasteiger partial charge in [0.1, 0.15) is 40.4 Å². The van der Waals surface area contributed by atoms with Crippen molar-refractivity contribution in [2.24, 2.45) is 11.8 Å². The van der Waals surface area contributed by atoms with E-state index in [2.05, 4.69) is 52.1 Å². The van der Waals surface area contributed by atoms with E-state index in [9.17, 15) is 19.8 Å². The predicted octanol–water partition coefficient (Wildman–Crippen LogP) is 10.1. The highest BCUT2D eigenvalue weighted by Gasteiger charge is 2.35. The van der Waals surface area contributed by atoms with Gasteiger partial charge in [-0.05, 0) is 131 Å². The van der Waals surface area contributed by atoms with Crippen molar-refractivity contribution in [3.05, 3.63) is 113 Å². The first-order valence-corrected chi connectivity index (χ1v) is 28.4. The lowest BCUT2D eigenvalue weighted by Gasteiger charge is -2.34. The maximum Gasteiger partial charge on any atom is 0.257 e. The fourth-order valence-electron chi connectivity index (χ4n) is 11.2. The van der Waals surface area contributed by atoms with Gasteiger partial charge >= 0.3 is 0 Å². The number of likely N-dealkylation sites (tertiary alicyclic amines) is 1. The number of imidazole rings is 1. The minimum Gasteiger partial charge on any atom is -0.508 e. The summed E-state index contributed by atoms with van der Waals surface area (Å²) in [5.41, 5.74) is 4.09. The Balaban J connectivity index is 0.936. The van der Waals surface area contributed by atoms with Gasteiger partial charge < -0.3 is 25.0 Å². The zero-order chi connectivity index (χ0) is 57.8. The molecule has 2 amide bonds. The zero-order valence-corrected chi connectivity index (χ0v) is 48.0. The molecule has 0 bridgehead atoms. The van der Waals surface area contributed by atoms with E-state index in [4.69, 9.17) is 4.98 Å². The average molecular weight is 1110 g/mol. The number of carbonyl (C=O) groups is 3. The molecule has 0 saturated carbocycles. The molecule has 81 heavy (non-hydrogen) atoms. The van der Waals surface area contributed by atoms with Crippen molar-refractivity contribution < 1.29 is 33.4 Å². The Hall–Kier alpha value is -7.55. The second-order valence-electron chi connectivity index (χ2n) is 22.6. The molecule has 0 spiro atoms. The summed E-state index contributed by atoms with van der Waals surface area (Å²) in [6.07, 6.45) is 4.92. The first-order valence-electron chi connectivity index (χ1n) is 28.4. The molecule has 2 aliphatic rings. The van der Waals surface area contributed by atoms with E-state index in [1.165, 1.54) is 17.0 Å². The van der Waals surface area contributed by atoms with Gasteiger partial charge in [-0.25, -0.2) is 33.6 Å². The highest BCUT2D eigenvalue weighted by molar-refractivity contribution is 6.03. The number of aromatic nitrogens is 8. The van der Waals surface area contributed by atoms with Crippen LogP contribution in [0.3, 0.4) is 0 Å². The zero-order valence-electron chi connectivity index (χ0n) is 48.0. The number of carbonyl (C=O) groups excluding carboxylic acids is 3. The Morgan fingerprint density at radius 3 is 2.09 bits per heavy atom. The lowest BCUT2D eigenvalue weighted by molar-refractivity contribution is -0.131. The number of phenolic OH excluding ortho intramolecular Hbond substituents is 2. The number of aromatic hydroxyl groups is 2. The Labute approximate surface area is 472 Å². The molecule has 3 N–H and O–H groups in total. The summed E-state index contributed by atoms with van der Waals surface area (Å²) in [4.78, 5) is 69.6. The molecule has 9 rings (SSSR count). The minimum absolute atomic E-state index is 0.0336. The van der Waals surface area contributed by atoms with Crippen LogP contribution < -0.4 is 10.2 Å². The monoisotopic (exact) mass is 1110 g/mol. The average Bonchev–Trinajstić information content (AvgIpc) is 4.20. The van der Waals surface area contributed by atoms with E-state index in [0.29, 0.717) is 73.6 Å². The smallest absolute Gasteiger partial charge is 0.257 e. The Bertz CT molecular complexity index is 3380. The summed E-state index contributed by atoms with van der Waals surface area (Å²) >= 11 is 0. The van der Waals surface area contributed by atoms with Gasteiger partial charge in [0.05, 0.1) is 17.3 Å². The van der Waals surface area contributed by atoms with Crippen molar-refractivity contribution in [3.8, 4) is 39.8 Å². The van der Waals surface area contributed by atoms with Crippen LogP contribution in [0.4, 0.5) is 20.5 Å². The lowest BCUT2D eigenvalue weighted by atomic mass is 9.94. The van der Waals surface area contributed by atoms with Crippen LogP contribution in [0.25, 0.3) is 39.4 Å². The largest absolute Gasteiger partial charge is 0.508 e. The van der Waals surface area contributed by atoms with Gasteiger partial charge in [-0.1, -0.05) is 59.7 Å². The van der Waals surface area contributed by atoms with E-state index in [0.717, 1.165) is 50.0 Å². The topological polar surface area (TPSA) is 204 Å². The number of nitrogens with zero attached hydrogens (tertiary/aromatic N) is 12. The first kappa shape index (κ1) is 58.1. The molecule has 1 atom stereocenters. The number of anilines is 2.